The van der Waals surface area contributed by atoms with Crippen molar-refractivity contribution in [3.05, 3.63) is 29.6 Å². The zero-order chi connectivity index (χ0) is 8.27. The summed E-state index contributed by atoms with van der Waals surface area (Å²) in [7, 11) is 0. The van der Waals surface area contributed by atoms with Crippen molar-refractivity contribution >= 4 is 0 Å². The maximum Gasteiger partial charge on any atom is 0.0318 e. The van der Waals surface area contributed by atoms with Crippen molar-refractivity contribution in [3.8, 4) is 0 Å². The van der Waals surface area contributed by atoms with Gasteiger partial charge in [0, 0.05) is 18.4 Å². The maximum absolute atomic E-state index is 5.86. The molecule has 60 valence electrons. The van der Waals surface area contributed by atoms with Crippen molar-refractivity contribution in [3.63, 3.8) is 0 Å². The number of nitrogens with two attached hydrogens (primary N) is 1. The molecular formula is C9H14N2. The second-order valence-corrected chi connectivity index (χ2v) is 2.75. The Morgan fingerprint density at radius 2 is 2.36 bits per heavy atom. The van der Waals surface area contributed by atoms with Crippen LogP contribution in [0.25, 0.3) is 0 Å². The minimum atomic E-state index is 0.142. The predicted molar refractivity (Wildman–Crippen MR) is 46.2 cm³/mol. The van der Waals surface area contributed by atoms with Crippen LogP contribution in [0.3, 0.4) is 0 Å². The Balaban J connectivity index is 2.93. The number of pyridine rings is 1. The van der Waals surface area contributed by atoms with Gasteiger partial charge in [-0.25, -0.2) is 0 Å². The second kappa shape index (κ2) is 3.49. The normalized spacial score (nSPS) is 13.0. The molecule has 1 heterocycles. The summed E-state index contributed by atoms with van der Waals surface area (Å²) in [5.41, 5.74) is 8.25. The van der Waals surface area contributed by atoms with Gasteiger partial charge in [0.25, 0.3) is 0 Å². The Kier molecular flexibility index (Phi) is 2.60. The van der Waals surface area contributed by atoms with E-state index in [9.17, 15) is 0 Å². The Hall–Kier alpha value is -0.890. The van der Waals surface area contributed by atoms with Gasteiger partial charge in [-0.2, -0.15) is 0 Å². The van der Waals surface area contributed by atoms with Crippen LogP contribution in [0, 0.1) is 6.92 Å². The first kappa shape index (κ1) is 8.21. The minimum absolute atomic E-state index is 0.142. The molecule has 11 heavy (non-hydrogen) atoms. The molecule has 2 heteroatoms. The van der Waals surface area contributed by atoms with E-state index < -0.39 is 0 Å². The lowest BCUT2D eigenvalue weighted by molar-refractivity contribution is 0.690. The molecule has 2 nitrogen and oxygen atoms in total. The first-order valence-electron chi connectivity index (χ1n) is 3.91. The Morgan fingerprint density at radius 1 is 1.64 bits per heavy atom. The maximum atomic E-state index is 5.86. The average molecular weight is 150 g/mol. The van der Waals surface area contributed by atoms with Crippen molar-refractivity contribution in [2.75, 3.05) is 0 Å². The predicted octanol–water partition coefficient (Wildman–Crippen LogP) is 1.80. The molecule has 0 saturated heterocycles. The van der Waals surface area contributed by atoms with E-state index in [4.69, 9.17) is 5.73 Å². The average Bonchev–Trinajstić information content (AvgIpc) is 2.04. The van der Waals surface area contributed by atoms with Gasteiger partial charge in [0.1, 0.15) is 0 Å². The van der Waals surface area contributed by atoms with Crippen molar-refractivity contribution in [2.45, 2.75) is 26.3 Å². The molecule has 0 aliphatic rings. The van der Waals surface area contributed by atoms with Gasteiger partial charge >= 0.3 is 0 Å². The third-order valence-corrected chi connectivity index (χ3v) is 1.92. The van der Waals surface area contributed by atoms with Gasteiger partial charge in [-0.15, -0.1) is 0 Å². The quantitative estimate of drug-likeness (QED) is 0.698. The molecule has 0 fully saturated rings. The van der Waals surface area contributed by atoms with E-state index in [1.54, 1.807) is 6.20 Å². The summed E-state index contributed by atoms with van der Waals surface area (Å²) in [5, 5.41) is 0. The summed E-state index contributed by atoms with van der Waals surface area (Å²) in [4.78, 5) is 4.03. The van der Waals surface area contributed by atoms with Gasteiger partial charge in [0.05, 0.1) is 0 Å². The molecule has 2 N–H and O–H groups in total. The lowest BCUT2D eigenvalue weighted by Crippen LogP contribution is -2.10. The van der Waals surface area contributed by atoms with E-state index in [1.165, 1.54) is 5.56 Å². The van der Waals surface area contributed by atoms with Crippen LogP contribution in [0.4, 0.5) is 0 Å². The van der Waals surface area contributed by atoms with Crippen molar-refractivity contribution in [1.82, 2.24) is 4.98 Å². The Morgan fingerprint density at radius 3 is 2.91 bits per heavy atom. The van der Waals surface area contributed by atoms with Crippen molar-refractivity contribution < 1.29 is 0 Å². The van der Waals surface area contributed by atoms with Gasteiger partial charge in [-0.05, 0) is 30.5 Å². The highest BCUT2D eigenvalue weighted by Gasteiger charge is 2.04. The van der Waals surface area contributed by atoms with E-state index >= 15 is 0 Å². The summed E-state index contributed by atoms with van der Waals surface area (Å²) >= 11 is 0. The number of rotatable bonds is 2. The molecule has 0 saturated carbocycles. The molecule has 0 amide bonds. The fourth-order valence-corrected chi connectivity index (χ4v) is 1.08. The molecular weight excluding hydrogens is 136 g/mol. The standard InChI is InChI=1S/C9H14N2/c1-3-9(10)8-6-11-5-4-7(8)2/h4-6,9H,3,10H2,1-2H3/t9-/m0/s1. The highest BCUT2D eigenvalue weighted by atomic mass is 14.7. The third kappa shape index (κ3) is 1.77. The first-order chi connectivity index (χ1) is 5.25. The van der Waals surface area contributed by atoms with Crippen molar-refractivity contribution in [2.24, 2.45) is 5.73 Å². The molecule has 0 radical (unpaired) electrons. The van der Waals surface area contributed by atoms with Gasteiger partial charge < -0.3 is 5.73 Å². The highest BCUT2D eigenvalue weighted by Crippen LogP contribution is 2.15. The van der Waals surface area contributed by atoms with Crippen LogP contribution in [-0.4, -0.2) is 4.98 Å². The van der Waals surface area contributed by atoms with Crippen LogP contribution in [0.1, 0.15) is 30.5 Å². The van der Waals surface area contributed by atoms with E-state index in [-0.39, 0.29) is 6.04 Å². The SMILES string of the molecule is CC[C@H](N)c1cnccc1C. The monoisotopic (exact) mass is 150 g/mol. The molecule has 1 rings (SSSR count). The zero-order valence-corrected chi connectivity index (χ0v) is 7.04. The fourth-order valence-electron chi connectivity index (χ4n) is 1.08. The summed E-state index contributed by atoms with van der Waals surface area (Å²) in [6.07, 6.45) is 4.61. The first-order valence-corrected chi connectivity index (χ1v) is 3.91. The number of aromatic nitrogens is 1. The lowest BCUT2D eigenvalue weighted by atomic mass is 10.0. The van der Waals surface area contributed by atoms with Crippen LogP contribution in [0.5, 0.6) is 0 Å². The molecule has 0 aliphatic heterocycles. The molecule has 0 unspecified atom stereocenters. The number of hydrogen-bond acceptors (Lipinski definition) is 2. The van der Waals surface area contributed by atoms with Crippen LogP contribution in [0.2, 0.25) is 0 Å². The summed E-state index contributed by atoms with van der Waals surface area (Å²) in [6, 6.07) is 2.13. The Labute approximate surface area is 67.5 Å². The second-order valence-electron chi connectivity index (χ2n) is 2.75. The van der Waals surface area contributed by atoms with Crippen LogP contribution in [0.15, 0.2) is 18.5 Å². The van der Waals surface area contributed by atoms with Crippen LogP contribution < -0.4 is 5.73 Å². The largest absolute Gasteiger partial charge is 0.324 e. The molecule has 0 bridgehead atoms. The summed E-state index contributed by atoms with van der Waals surface area (Å²) in [5.74, 6) is 0. The number of nitrogens with zero attached hydrogens (tertiary/aromatic N) is 1. The van der Waals surface area contributed by atoms with E-state index in [1.807, 2.05) is 12.3 Å². The molecule has 1 aromatic rings. The van der Waals surface area contributed by atoms with Gasteiger partial charge in [0.2, 0.25) is 0 Å². The van der Waals surface area contributed by atoms with E-state index in [2.05, 4.69) is 18.8 Å². The number of hydrogen-bond donors (Lipinski definition) is 1. The zero-order valence-electron chi connectivity index (χ0n) is 7.04. The summed E-state index contributed by atoms with van der Waals surface area (Å²) < 4.78 is 0. The van der Waals surface area contributed by atoms with E-state index in [0.717, 1.165) is 12.0 Å². The minimum Gasteiger partial charge on any atom is -0.324 e. The van der Waals surface area contributed by atoms with Gasteiger partial charge in [-0.1, -0.05) is 6.92 Å². The smallest absolute Gasteiger partial charge is 0.0318 e. The molecule has 0 aromatic carbocycles. The fraction of sp³-hybridized carbons (Fsp3) is 0.444. The molecule has 1 aromatic heterocycles. The van der Waals surface area contributed by atoms with Crippen molar-refractivity contribution in [1.29, 1.82) is 0 Å². The van der Waals surface area contributed by atoms with Gasteiger partial charge in [0.15, 0.2) is 0 Å². The Bertz CT molecular complexity index is 233. The van der Waals surface area contributed by atoms with E-state index in [0.29, 0.717) is 0 Å². The summed E-state index contributed by atoms with van der Waals surface area (Å²) in [6.45, 7) is 4.14. The topological polar surface area (TPSA) is 38.9 Å². The molecule has 0 spiro atoms. The van der Waals surface area contributed by atoms with Crippen LogP contribution in [-0.2, 0) is 0 Å². The third-order valence-electron chi connectivity index (χ3n) is 1.92. The van der Waals surface area contributed by atoms with Gasteiger partial charge in [-0.3, -0.25) is 4.98 Å². The molecule has 0 aliphatic carbocycles. The lowest BCUT2D eigenvalue weighted by Gasteiger charge is -2.10. The number of aryl methyl sites for hydroxylation is 1. The molecule has 1 atom stereocenters. The van der Waals surface area contributed by atoms with Crippen LogP contribution >= 0.6 is 0 Å². The highest BCUT2D eigenvalue weighted by molar-refractivity contribution is 5.24.